The summed E-state index contributed by atoms with van der Waals surface area (Å²) in [4.78, 5) is 11.3. The monoisotopic (exact) mass is 341 g/mol. The Morgan fingerprint density at radius 3 is 2.17 bits per heavy atom. The fourth-order valence-electron chi connectivity index (χ4n) is 2.86. The lowest BCUT2D eigenvalue weighted by Crippen LogP contribution is -2.26. The molecule has 2 rings (SSSR count). The van der Waals surface area contributed by atoms with Crippen molar-refractivity contribution in [1.82, 2.24) is 0 Å². The maximum absolute atomic E-state index is 13.8. The van der Waals surface area contributed by atoms with E-state index in [1.165, 1.54) is 25.7 Å². The van der Waals surface area contributed by atoms with Crippen LogP contribution in [0.5, 0.6) is 5.75 Å². The molecule has 0 spiro atoms. The van der Waals surface area contributed by atoms with Crippen molar-refractivity contribution >= 4 is 11.8 Å². The van der Waals surface area contributed by atoms with Gasteiger partial charge in [-0.2, -0.15) is 0 Å². The molecule has 138 valence electrons. The second-order valence-electron chi connectivity index (χ2n) is 5.55. The average molecular weight is 341 g/mol. The van der Waals surface area contributed by atoms with Crippen molar-refractivity contribution in [2.24, 2.45) is 0 Å². The van der Waals surface area contributed by atoms with Gasteiger partial charge in [-0.1, -0.05) is 53.9 Å². The Bertz CT molecular complexity index is 512. The van der Waals surface area contributed by atoms with E-state index in [4.69, 9.17) is 10.5 Å². The molecule has 5 heteroatoms. The zero-order valence-corrected chi connectivity index (χ0v) is 15.9. The van der Waals surface area contributed by atoms with Crippen LogP contribution in [-0.4, -0.2) is 13.3 Å². The fraction of sp³-hybridized carbons (Fsp3) is 0.632. The highest BCUT2D eigenvalue weighted by Gasteiger charge is 2.33. The second kappa shape index (κ2) is 10.9. The molecule has 2 N–H and O–H groups in total. The molecular weight excluding hydrogens is 309 g/mol. The van der Waals surface area contributed by atoms with Gasteiger partial charge in [0.05, 0.1) is 12.8 Å². The van der Waals surface area contributed by atoms with E-state index in [0.717, 1.165) is 25.7 Å². The van der Waals surface area contributed by atoms with Gasteiger partial charge in [-0.3, -0.25) is 0 Å². The summed E-state index contributed by atoms with van der Waals surface area (Å²) < 4.78 is 23.5. The van der Waals surface area contributed by atoms with Crippen molar-refractivity contribution in [3.8, 4) is 5.75 Å². The van der Waals surface area contributed by atoms with Gasteiger partial charge < -0.3 is 15.2 Å². The zero-order valence-electron chi connectivity index (χ0n) is 15.9. The van der Waals surface area contributed by atoms with E-state index in [1.54, 1.807) is 0 Å². The summed E-state index contributed by atoms with van der Waals surface area (Å²) in [5, 5.41) is 0. The lowest BCUT2D eigenvalue weighted by atomic mass is 9.70. The van der Waals surface area contributed by atoms with Crippen LogP contribution in [0.1, 0.15) is 72.3 Å². The summed E-state index contributed by atoms with van der Waals surface area (Å²) in [5.74, 6) is -0.191. The van der Waals surface area contributed by atoms with Gasteiger partial charge in [0.2, 0.25) is 0 Å². The molecule has 0 heterocycles. The molecule has 0 aliphatic heterocycles. The summed E-state index contributed by atoms with van der Waals surface area (Å²) in [6.45, 7) is 10.1. The van der Waals surface area contributed by atoms with Crippen molar-refractivity contribution in [3.05, 3.63) is 23.5 Å². The molecule has 0 saturated heterocycles. The van der Waals surface area contributed by atoms with E-state index >= 15 is 0 Å². The van der Waals surface area contributed by atoms with E-state index in [-0.39, 0.29) is 11.1 Å². The zero-order chi connectivity index (χ0) is 18.8. The maximum atomic E-state index is 13.8. The lowest BCUT2D eigenvalue weighted by molar-refractivity contribution is 0.120. The van der Waals surface area contributed by atoms with Gasteiger partial charge in [-0.05, 0) is 24.3 Å². The third kappa shape index (κ3) is 5.69. The predicted molar refractivity (Wildman–Crippen MR) is 97.0 cm³/mol. The third-order valence-electron chi connectivity index (χ3n) is 4.07. The number of methoxy groups -OCH3 is 1. The average Bonchev–Trinajstić information content (AvgIpc) is 2.61. The van der Waals surface area contributed by atoms with Gasteiger partial charge >= 0.3 is 6.16 Å². The van der Waals surface area contributed by atoms with Crippen LogP contribution in [0.3, 0.4) is 0 Å². The van der Waals surface area contributed by atoms with Crippen LogP contribution in [0.15, 0.2) is 12.1 Å². The van der Waals surface area contributed by atoms with Crippen molar-refractivity contribution in [1.29, 1.82) is 0 Å². The first-order chi connectivity index (χ1) is 11.5. The first-order valence-electron chi connectivity index (χ1n) is 8.81. The largest absolute Gasteiger partial charge is 0.513 e. The number of nitrogens with two attached hydrogens (primary N) is 1. The van der Waals surface area contributed by atoms with Gasteiger partial charge in [-0.15, -0.1) is 0 Å². The van der Waals surface area contributed by atoms with Crippen LogP contribution in [0, 0.1) is 5.82 Å². The topological polar surface area (TPSA) is 61.5 Å². The minimum Gasteiger partial charge on any atom is -0.437 e. The van der Waals surface area contributed by atoms with Crippen LogP contribution in [0.25, 0.3) is 0 Å². The lowest BCUT2D eigenvalue weighted by Gasteiger charge is -2.35. The molecule has 1 saturated carbocycles. The van der Waals surface area contributed by atoms with E-state index in [9.17, 15) is 9.18 Å². The van der Waals surface area contributed by atoms with Crippen LogP contribution >= 0.6 is 0 Å². The Balaban J connectivity index is 0.00000123. The Hall–Kier alpha value is -1.78. The quantitative estimate of drug-likeness (QED) is 0.418. The highest BCUT2D eigenvalue weighted by Crippen LogP contribution is 2.44. The van der Waals surface area contributed by atoms with Gasteiger partial charge in [0, 0.05) is 11.6 Å². The van der Waals surface area contributed by atoms with Crippen LogP contribution in [0.4, 0.5) is 14.9 Å². The second-order valence-corrected chi connectivity index (χ2v) is 5.55. The van der Waals surface area contributed by atoms with E-state index in [0.29, 0.717) is 11.3 Å². The summed E-state index contributed by atoms with van der Waals surface area (Å²) in [6.07, 6.45) is 4.40. The minimum absolute atomic E-state index is 0.0351. The van der Waals surface area contributed by atoms with Crippen LogP contribution < -0.4 is 10.5 Å². The maximum Gasteiger partial charge on any atom is 0.513 e. The molecule has 24 heavy (non-hydrogen) atoms. The number of anilines is 1. The fourth-order valence-corrected chi connectivity index (χ4v) is 2.86. The summed E-state index contributed by atoms with van der Waals surface area (Å²) in [7, 11) is 1.23. The molecule has 1 aliphatic rings. The minimum atomic E-state index is -0.823. The predicted octanol–water partition coefficient (Wildman–Crippen LogP) is 5.83. The molecule has 1 aliphatic carbocycles. The number of nitrogen functional groups attached to an aromatic ring is 1. The molecule has 0 aromatic heterocycles. The third-order valence-corrected chi connectivity index (χ3v) is 4.07. The van der Waals surface area contributed by atoms with Crippen molar-refractivity contribution in [2.45, 2.75) is 72.1 Å². The number of rotatable bonds is 2. The Labute approximate surface area is 145 Å². The molecular formula is C19H32FNO3. The Morgan fingerprint density at radius 1 is 1.12 bits per heavy atom. The van der Waals surface area contributed by atoms with E-state index in [1.807, 2.05) is 27.7 Å². The molecule has 4 nitrogen and oxygen atoms in total. The van der Waals surface area contributed by atoms with Gasteiger partial charge in [0.25, 0.3) is 0 Å². The van der Waals surface area contributed by atoms with Crippen LogP contribution in [0.2, 0.25) is 0 Å². The van der Waals surface area contributed by atoms with Crippen LogP contribution in [-0.2, 0) is 10.2 Å². The van der Waals surface area contributed by atoms with Gasteiger partial charge in [0.15, 0.2) is 0 Å². The molecule has 0 bridgehead atoms. The smallest absolute Gasteiger partial charge is 0.437 e. The molecule has 0 radical (unpaired) electrons. The van der Waals surface area contributed by atoms with Gasteiger partial charge in [-0.25, -0.2) is 9.18 Å². The number of hydrogen-bond acceptors (Lipinski definition) is 4. The SMILES string of the molecule is CC.CC.COC(=O)Oc1cc(N)c(F)cc1C1(C)CCCCC1. The number of carbonyl (C=O) groups is 1. The molecule has 0 amide bonds. The van der Waals surface area contributed by atoms with Crippen molar-refractivity contribution < 1.29 is 18.7 Å². The number of hydrogen-bond donors (Lipinski definition) is 1. The Kier molecular flexibility index (Phi) is 10.1. The summed E-state index contributed by atoms with van der Waals surface area (Å²) >= 11 is 0. The normalized spacial score (nSPS) is 15.1. The molecule has 0 unspecified atom stereocenters. The van der Waals surface area contributed by atoms with Crippen molar-refractivity contribution in [3.63, 3.8) is 0 Å². The standard InChI is InChI=1S/C15H20FNO3.2C2H6/c1-15(6-4-3-5-7-15)10-8-11(16)12(17)9-13(10)20-14(18)19-2;2*1-2/h8-9H,3-7,17H2,1-2H3;2*1-2H3. The number of halogens is 1. The number of benzene rings is 1. The van der Waals surface area contributed by atoms with E-state index in [2.05, 4.69) is 11.7 Å². The van der Waals surface area contributed by atoms with Gasteiger partial charge in [0.1, 0.15) is 11.6 Å². The summed E-state index contributed by atoms with van der Waals surface area (Å²) in [6, 6.07) is 2.75. The molecule has 1 aromatic rings. The first kappa shape index (κ1) is 22.2. The Morgan fingerprint density at radius 2 is 1.67 bits per heavy atom. The highest BCUT2D eigenvalue weighted by atomic mass is 19.1. The van der Waals surface area contributed by atoms with E-state index < -0.39 is 12.0 Å². The molecule has 1 aromatic carbocycles. The summed E-state index contributed by atoms with van der Waals surface area (Å²) in [5.41, 5.74) is 6.03. The first-order valence-corrected chi connectivity index (χ1v) is 8.81. The highest BCUT2D eigenvalue weighted by molar-refractivity contribution is 5.66. The number of carbonyl (C=O) groups excluding carboxylic acids is 1. The molecule has 0 atom stereocenters. The number of ether oxygens (including phenoxy) is 2. The molecule has 1 fully saturated rings. The van der Waals surface area contributed by atoms with Crippen molar-refractivity contribution in [2.75, 3.05) is 12.8 Å².